The lowest BCUT2D eigenvalue weighted by molar-refractivity contribution is -0.130. The Kier molecular flexibility index (Phi) is 5.89. The van der Waals surface area contributed by atoms with Crippen molar-refractivity contribution in [2.75, 3.05) is 30.3 Å². The number of piperidine rings is 1. The van der Waals surface area contributed by atoms with Crippen LogP contribution in [0.15, 0.2) is 54.6 Å². The average Bonchev–Trinajstić information content (AvgIpc) is 2.67. The molecular weight excluding hydrogens is 326 g/mol. The van der Waals surface area contributed by atoms with Crippen molar-refractivity contribution in [2.45, 2.75) is 19.8 Å². The molecule has 0 aromatic heterocycles. The molecule has 0 saturated carbocycles. The summed E-state index contributed by atoms with van der Waals surface area (Å²) in [6.07, 6.45) is 2.15. The summed E-state index contributed by atoms with van der Waals surface area (Å²) in [4.78, 5) is 26.5. The van der Waals surface area contributed by atoms with E-state index in [2.05, 4.69) is 17.6 Å². The van der Waals surface area contributed by atoms with Crippen LogP contribution in [0.2, 0.25) is 0 Å². The van der Waals surface area contributed by atoms with E-state index in [1.807, 2.05) is 47.4 Å². The van der Waals surface area contributed by atoms with Crippen molar-refractivity contribution < 1.29 is 9.59 Å². The van der Waals surface area contributed by atoms with Gasteiger partial charge >= 0.3 is 0 Å². The summed E-state index contributed by atoms with van der Waals surface area (Å²) >= 11 is 0. The van der Waals surface area contributed by atoms with Gasteiger partial charge in [0.15, 0.2) is 0 Å². The van der Waals surface area contributed by atoms with Gasteiger partial charge in [-0.1, -0.05) is 31.2 Å². The number of likely N-dealkylation sites (tertiary alicyclic amines) is 1. The van der Waals surface area contributed by atoms with Gasteiger partial charge in [-0.05, 0) is 49.1 Å². The molecule has 2 aromatic rings. The van der Waals surface area contributed by atoms with Gasteiger partial charge < -0.3 is 15.5 Å². The van der Waals surface area contributed by atoms with Crippen molar-refractivity contribution in [3.05, 3.63) is 60.2 Å². The number of nitrogens with one attached hydrogen (secondary N) is 2. The summed E-state index contributed by atoms with van der Waals surface area (Å²) in [5, 5.41) is 6.04. The van der Waals surface area contributed by atoms with E-state index in [1.165, 1.54) is 0 Å². The van der Waals surface area contributed by atoms with Crippen LogP contribution in [0.3, 0.4) is 0 Å². The summed E-state index contributed by atoms with van der Waals surface area (Å²) in [5.74, 6) is 0.675. The predicted octanol–water partition coefficient (Wildman–Crippen LogP) is 3.61. The molecule has 0 unspecified atom stereocenters. The van der Waals surface area contributed by atoms with Crippen LogP contribution in [-0.4, -0.2) is 36.3 Å². The fourth-order valence-corrected chi connectivity index (χ4v) is 3.05. The quantitative estimate of drug-likeness (QED) is 0.865. The van der Waals surface area contributed by atoms with E-state index in [0.717, 1.165) is 31.6 Å². The third kappa shape index (κ3) is 4.85. The molecular formula is C21H25N3O2. The van der Waals surface area contributed by atoms with Gasteiger partial charge in [-0.15, -0.1) is 0 Å². The molecule has 0 bridgehead atoms. The van der Waals surface area contributed by atoms with E-state index in [1.54, 1.807) is 12.1 Å². The zero-order chi connectivity index (χ0) is 18.4. The Morgan fingerprint density at radius 2 is 1.69 bits per heavy atom. The van der Waals surface area contributed by atoms with Crippen LogP contribution in [-0.2, 0) is 4.79 Å². The molecule has 1 heterocycles. The maximum Gasteiger partial charge on any atom is 0.255 e. The Balaban J connectivity index is 1.54. The molecule has 1 saturated heterocycles. The lowest BCUT2D eigenvalue weighted by atomic mass is 9.99. The van der Waals surface area contributed by atoms with Crippen molar-refractivity contribution >= 4 is 23.2 Å². The smallest absolute Gasteiger partial charge is 0.255 e. The summed E-state index contributed by atoms with van der Waals surface area (Å²) in [5.41, 5.74) is 2.12. The number of carbonyl (C=O) groups excluding carboxylic acids is 2. The lowest BCUT2D eigenvalue weighted by Crippen LogP contribution is -2.40. The first-order valence-electron chi connectivity index (χ1n) is 9.10. The van der Waals surface area contributed by atoms with Crippen molar-refractivity contribution in [2.24, 2.45) is 5.92 Å². The second kappa shape index (κ2) is 8.52. The second-order valence-corrected chi connectivity index (χ2v) is 6.82. The van der Waals surface area contributed by atoms with Crippen molar-refractivity contribution in [1.82, 2.24) is 4.90 Å². The van der Waals surface area contributed by atoms with Crippen LogP contribution in [0.25, 0.3) is 0 Å². The highest BCUT2D eigenvalue weighted by atomic mass is 16.2. The molecule has 1 aliphatic heterocycles. The molecule has 5 heteroatoms. The number of rotatable bonds is 5. The molecule has 0 atom stereocenters. The van der Waals surface area contributed by atoms with E-state index >= 15 is 0 Å². The maximum atomic E-state index is 12.3. The van der Waals surface area contributed by atoms with Crippen LogP contribution >= 0.6 is 0 Å². The number of hydrogen-bond acceptors (Lipinski definition) is 3. The van der Waals surface area contributed by atoms with Gasteiger partial charge in [0, 0.05) is 30.0 Å². The first-order valence-corrected chi connectivity index (χ1v) is 9.10. The van der Waals surface area contributed by atoms with Gasteiger partial charge in [-0.3, -0.25) is 9.59 Å². The Hall–Kier alpha value is -2.82. The molecule has 3 rings (SSSR count). The van der Waals surface area contributed by atoms with Crippen LogP contribution in [0, 0.1) is 5.92 Å². The van der Waals surface area contributed by atoms with Crippen molar-refractivity contribution in [3.63, 3.8) is 0 Å². The Morgan fingerprint density at radius 3 is 2.42 bits per heavy atom. The molecule has 1 aliphatic rings. The minimum atomic E-state index is -0.152. The number of nitrogens with zero attached hydrogens (tertiary/aromatic N) is 1. The van der Waals surface area contributed by atoms with Crippen LogP contribution in [0.1, 0.15) is 30.1 Å². The minimum absolute atomic E-state index is 0.121. The van der Waals surface area contributed by atoms with Crippen LogP contribution in [0.4, 0.5) is 11.4 Å². The number of carbonyl (C=O) groups is 2. The van der Waals surface area contributed by atoms with Gasteiger partial charge in [-0.25, -0.2) is 0 Å². The molecule has 2 amide bonds. The lowest BCUT2D eigenvalue weighted by Gasteiger charge is -2.30. The second-order valence-electron chi connectivity index (χ2n) is 6.82. The SMILES string of the molecule is CC1CCN(C(=O)CNc2cccc(NC(=O)c3ccccc3)c2)CC1. The molecule has 26 heavy (non-hydrogen) atoms. The highest BCUT2D eigenvalue weighted by molar-refractivity contribution is 6.04. The topological polar surface area (TPSA) is 61.4 Å². The van der Waals surface area contributed by atoms with E-state index < -0.39 is 0 Å². The van der Waals surface area contributed by atoms with Crippen molar-refractivity contribution in [3.8, 4) is 0 Å². The van der Waals surface area contributed by atoms with Crippen LogP contribution in [0.5, 0.6) is 0 Å². The Labute approximate surface area is 154 Å². The number of anilines is 2. The highest BCUT2D eigenvalue weighted by Gasteiger charge is 2.19. The van der Waals surface area contributed by atoms with E-state index in [0.29, 0.717) is 17.2 Å². The average molecular weight is 351 g/mol. The normalized spacial score (nSPS) is 14.7. The molecule has 0 spiro atoms. The number of hydrogen-bond donors (Lipinski definition) is 2. The van der Waals surface area contributed by atoms with E-state index in [9.17, 15) is 9.59 Å². The van der Waals surface area contributed by atoms with Gasteiger partial charge in [0.2, 0.25) is 5.91 Å². The highest BCUT2D eigenvalue weighted by Crippen LogP contribution is 2.18. The van der Waals surface area contributed by atoms with Gasteiger partial charge in [-0.2, -0.15) is 0 Å². The fourth-order valence-electron chi connectivity index (χ4n) is 3.05. The maximum absolute atomic E-state index is 12.3. The summed E-state index contributed by atoms with van der Waals surface area (Å²) in [7, 11) is 0. The largest absolute Gasteiger partial charge is 0.376 e. The molecule has 5 nitrogen and oxygen atoms in total. The fraction of sp³-hybridized carbons (Fsp3) is 0.333. The predicted molar refractivity (Wildman–Crippen MR) is 104 cm³/mol. The van der Waals surface area contributed by atoms with Gasteiger partial charge in [0.05, 0.1) is 6.54 Å². The van der Waals surface area contributed by atoms with Gasteiger partial charge in [0.25, 0.3) is 5.91 Å². The third-order valence-corrected chi connectivity index (χ3v) is 4.74. The molecule has 2 aromatic carbocycles. The summed E-state index contributed by atoms with van der Waals surface area (Å²) in [6.45, 7) is 4.18. The molecule has 2 N–H and O–H groups in total. The minimum Gasteiger partial charge on any atom is -0.376 e. The molecule has 0 radical (unpaired) electrons. The number of benzene rings is 2. The monoisotopic (exact) mass is 351 g/mol. The summed E-state index contributed by atoms with van der Waals surface area (Å²) in [6, 6.07) is 16.5. The molecule has 136 valence electrons. The van der Waals surface area contributed by atoms with E-state index in [4.69, 9.17) is 0 Å². The van der Waals surface area contributed by atoms with Crippen LogP contribution < -0.4 is 10.6 Å². The molecule has 1 fully saturated rings. The Bertz CT molecular complexity index is 753. The first kappa shape index (κ1) is 18.0. The number of amides is 2. The van der Waals surface area contributed by atoms with Gasteiger partial charge in [0.1, 0.15) is 0 Å². The zero-order valence-electron chi connectivity index (χ0n) is 15.1. The van der Waals surface area contributed by atoms with Crippen molar-refractivity contribution in [1.29, 1.82) is 0 Å². The zero-order valence-corrected chi connectivity index (χ0v) is 15.1. The Morgan fingerprint density at radius 1 is 1.00 bits per heavy atom. The third-order valence-electron chi connectivity index (χ3n) is 4.74. The first-order chi connectivity index (χ1) is 12.6. The van der Waals surface area contributed by atoms with E-state index in [-0.39, 0.29) is 18.4 Å². The standard InChI is InChI=1S/C21H25N3O2/c1-16-10-12-24(13-11-16)20(25)15-22-18-8-5-9-19(14-18)23-21(26)17-6-3-2-4-7-17/h2-9,14,16,22H,10-13,15H2,1H3,(H,23,26). The summed E-state index contributed by atoms with van der Waals surface area (Å²) < 4.78 is 0. The molecule has 0 aliphatic carbocycles.